The molecule has 2 aromatic heterocycles. The number of carbonyl (C=O) groups is 3. The van der Waals surface area contributed by atoms with Crippen molar-refractivity contribution in [1.29, 1.82) is 0 Å². The Morgan fingerprint density at radius 3 is 2.41 bits per heavy atom. The monoisotopic (exact) mass is 453 g/mol. The van der Waals surface area contributed by atoms with Gasteiger partial charge >= 0.3 is 12.1 Å². The number of aryl methyl sites for hydroxylation is 1. The molecule has 0 aromatic carbocycles. The molecule has 2 atom stereocenters. The molecule has 4 rings (SSSR count). The highest BCUT2D eigenvalue weighted by Gasteiger charge is 2.45. The zero-order chi connectivity index (χ0) is 23.5. The molecule has 0 unspecified atom stereocenters. The molecule has 2 amide bonds. The smallest absolute Gasteiger partial charge is 0.475 e. The van der Waals surface area contributed by atoms with E-state index < -0.39 is 12.1 Å². The maximum absolute atomic E-state index is 12.9. The third kappa shape index (κ3) is 5.09. The van der Waals surface area contributed by atoms with Crippen LogP contribution in [0.3, 0.4) is 0 Å². The number of carboxylic acid groups (broad SMARTS) is 1. The Hall–Kier alpha value is -3.37. The largest absolute Gasteiger partial charge is 0.490 e. The van der Waals surface area contributed by atoms with Gasteiger partial charge in [-0.05, 0) is 43.5 Å². The first-order valence-electron chi connectivity index (χ1n) is 9.93. The zero-order valence-corrected chi connectivity index (χ0v) is 17.2. The average Bonchev–Trinajstić information content (AvgIpc) is 3.36. The van der Waals surface area contributed by atoms with Crippen LogP contribution in [-0.4, -0.2) is 62.5 Å². The lowest BCUT2D eigenvalue weighted by molar-refractivity contribution is -0.192. The molecule has 11 heteroatoms. The number of likely N-dealkylation sites (tertiary alicyclic amines) is 2. The van der Waals surface area contributed by atoms with Crippen molar-refractivity contribution in [3.05, 3.63) is 53.7 Å². The minimum absolute atomic E-state index is 0.0111. The summed E-state index contributed by atoms with van der Waals surface area (Å²) in [7, 11) is 0. The van der Waals surface area contributed by atoms with Gasteiger partial charge in [-0.1, -0.05) is 0 Å². The SMILES string of the molecule is Cc1occc1C(=O)N1CC[C@H]2[C@@H]1CCC(=O)N2Cc1ccncc1.O=C(O)C(F)(F)F. The van der Waals surface area contributed by atoms with Crippen molar-refractivity contribution in [3.8, 4) is 0 Å². The Morgan fingerprint density at radius 2 is 1.84 bits per heavy atom. The van der Waals surface area contributed by atoms with Gasteiger partial charge in [0.25, 0.3) is 5.91 Å². The summed E-state index contributed by atoms with van der Waals surface area (Å²) in [6.45, 7) is 3.06. The lowest BCUT2D eigenvalue weighted by atomic mass is 9.95. The number of nitrogens with zero attached hydrogens (tertiary/aromatic N) is 3. The Kier molecular flexibility index (Phi) is 6.85. The predicted molar refractivity (Wildman–Crippen MR) is 104 cm³/mol. The summed E-state index contributed by atoms with van der Waals surface area (Å²) in [6.07, 6.45) is 2.00. The molecule has 172 valence electrons. The average molecular weight is 453 g/mol. The highest BCUT2D eigenvalue weighted by molar-refractivity contribution is 5.95. The molecule has 4 heterocycles. The number of piperidine rings is 1. The van der Waals surface area contributed by atoms with Crippen molar-refractivity contribution in [1.82, 2.24) is 14.8 Å². The van der Waals surface area contributed by atoms with Crippen LogP contribution in [-0.2, 0) is 16.1 Å². The number of hydrogen-bond donors (Lipinski definition) is 1. The van der Waals surface area contributed by atoms with E-state index in [0.29, 0.717) is 30.8 Å². The van der Waals surface area contributed by atoms with Gasteiger partial charge in [0.2, 0.25) is 5.91 Å². The van der Waals surface area contributed by atoms with Crippen molar-refractivity contribution < 1.29 is 37.1 Å². The van der Waals surface area contributed by atoms with E-state index in [1.165, 1.54) is 0 Å². The lowest BCUT2D eigenvalue weighted by Gasteiger charge is -2.39. The Morgan fingerprint density at radius 1 is 1.19 bits per heavy atom. The normalized spacial score (nSPS) is 20.4. The van der Waals surface area contributed by atoms with E-state index in [-0.39, 0.29) is 23.9 Å². The molecular weight excluding hydrogens is 431 g/mol. The minimum Gasteiger partial charge on any atom is -0.475 e. The Bertz CT molecular complexity index is 977. The fourth-order valence-electron chi connectivity index (χ4n) is 4.05. The number of carbonyl (C=O) groups excluding carboxylic acids is 2. The molecule has 0 radical (unpaired) electrons. The van der Waals surface area contributed by atoms with Gasteiger partial charge in [-0.3, -0.25) is 14.6 Å². The molecule has 0 spiro atoms. The molecule has 1 N–H and O–H groups in total. The summed E-state index contributed by atoms with van der Waals surface area (Å²) < 4.78 is 37.0. The van der Waals surface area contributed by atoms with E-state index in [1.54, 1.807) is 31.6 Å². The first-order valence-corrected chi connectivity index (χ1v) is 9.93. The first-order chi connectivity index (χ1) is 15.1. The number of rotatable bonds is 3. The Balaban J connectivity index is 0.000000360. The van der Waals surface area contributed by atoms with E-state index in [0.717, 1.165) is 18.4 Å². The molecular formula is C21H22F3N3O5. The number of aliphatic carboxylic acids is 1. The standard InChI is InChI=1S/C19H21N3O3.C2HF3O2/c1-13-15(7-11-25-13)19(24)21-10-6-17-16(21)2-3-18(23)22(17)12-14-4-8-20-9-5-14;3-2(4,5)1(6)7/h4-5,7-9,11,16-17H,2-3,6,10,12H2,1H3;(H,6,7)/t16-,17-;/m0./s1. The number of hydrogen-bond acceptors (Lipinski definition) is 5. The molecule has 2 fully saturated rings. The van der Waals surface area contributed by atoms with Crippen LogP contribution < -0.4 is 0 Å². The van der Waals surface area contributed by atoms with Gasteiger partial charge < -0.3 is 19.3 Å². The van der Waals surface area contributed by atoms with Crippen molar-refractivity contribution >= 4 is 17.8 Å². The number of halogens is 3. The highest BCUT2D eigenvalue weighted by Crippen LogP contribution is 2.33. The van der Waals surface area contributed by atoms with Crippen LogP contribution in [0.2, 0.25) is 0 Å². The van der Waals surface area contributed by atoms with Crippen LogP contribution in [0.15, 0.2) is 41.3 Å². The van der Waals surface area contributed by atoms with Crippen LogP contribution in [0.5, 0.6) is 0 Å². The van der Waals surface area contributed by atoms with E-state index in [9.17, 15) is 22.8 Å². The molecule has 0 bridgehead atoms. The van der Waals surface area contributed by atoms with Gasteiger partial charge in [0.05, 0.1) is 23.9 Å². The van der Waals surface area contributed by atoms with E-state index in [1.807, 2.05) is 21.9 Å². The van der Waals surface area contributed by atoms with Gasteiger partial charge in [-0.25, -0.2) is 4.79 Å². The maximum atomic E-state index is 12.9. The minimum atomic E-state index is -5.08. The molecule has 2 aliphatic rings. The maximum Gasteiger partial charge on any atom is 0.490 e. The number of pyridine rings is 1. The van der Waals surface area contributed by atoms with Crippen LogP contribution in [0.25, 0.3) is 0 Å². The number of alkyl halides is 3. The molecule has 0 aliphatic carbocycles. The van der Waals surface area contributed by atoms with Crippen molar-refractivity contribution in [2.24, 2.45) is 0 Å². The quantitative estimate of drug-likeness (QED) is 0.766. The summed E-state index contributed by atoms with van der Waals surface area (Å²) in [4.78, 5) is 42.2. The number of carboxylic acids is 1. The summed E-state index contributed by atoms with van der Waals surface area (Å²) in [5.74, 6) is -1.93. The summed E-state index contributed by atoms with van der Waals surface area (Å²) in [5, 5.41) is 7.12. The Labute approximate surface area is 181 Å². The summed E-state index contributed by atoms with van der Waals surface area (Å²) in [6, 6.07) is 5.77. The molecule has 2 saturated heterocycles. The van der Waals surface area contributed by atoms with Crippen molar-refractivity contribution in [2.75, 3.05) is 6.54 Å². The fourth-order valence-corrected chi connectivity index (χ4v) is 4.05. The van der Waals surface area contributed by atoms with Gasteiger partial charge in [0.15, 0.2) is 0 Å². The van der Waals surface area contributed by atoms with E-state index >= 15 is 0 Å². The first kappa shape index (κ1) is 23.3. The second-order valence-electron chi connectivity index (χ2n) is 7.53. The molecule has 8 nitrogen and oxygen atoms in total. The predicted octanol–water partition coefficient (Wildman–Crippen LogP) is 3.02. The molecule has 2 aliphatic heterocycles. The summed E-state index contributed by atoms with van der Waals surface area (Å²) >= 11 is 0. The number of amides is 2. The highest BCUT2D eigenvalue weighted by atomic mass is 19.4. The third-order valence-corrected chi connectivity index (χ3v) is 5.58. The van der Waals surface area contributed by atoms with Gasteiger partial charge in [0.1, 0.15) is 5.76 Å². The molecule has 2 aromatic rings. The fraction of sp³-hybridized carbons (Fsp3) is 0.429. The second kappa shape index (κ2) is 9.41. The number of aromatic nitrogens is 1. The van der Waals surface area contributed by atoms with Crippen LogP contribution in [0.4, 0.5) is 13.2 Å². The van der Waals surface area contributed by atoms with Crippen LogP contribution in [0, 0.1) is 6.92 Å². The van der Waals surface area contributed by atoms with Crippen molar-refractivity contribution in [2.45, 2.75) is 51.0 Å². The van der Waals surface area contributed by atoms with Crippen LogP contribution in [0.1, 0.15) is 40.9 Å². The zero-order valence-electron chi connectivity index (χ0n) is 17.2. The molecule has 32 heavy (non-hydrogen) atoms. The van der Waals surface area contributed by atoms with E-state index in [4.69, 9.17) is 14.3 Å². The summed E-state index contributed by atoms with van der Waals surface area (Å²) in [5.41, 5.74) is 1.69. The van der Waals surface area contributed by atoms with Gasteiger partial charge in [-0.2, -0.15) is 13.2 Å². The lowest BCUT2D eigenvalue weighted by Crippen LogP contribution is -2.52. The van der Waals surface area contributed by atoms with E-state index in [2.05, 4.69) is 4.98 Å². The third-order valence-electron chi connectivity index (χ3n) is 5.58. The van der Waals surface area contributed by atoms with Crippen molar-refractivity contribution in [3.63, 3.8) is 0 Å². The molecule has 0 saturated carbocycles. The number of fused-ring (bicyclic) bond motifs is 1. The van der Waals surface area contributed by atoms with Crippen LogP contribution >= 0.6 is 0 Å². The van der Waals surface area contributed by atoms with Gasteiger partial charge in [0, 0.05) is 31.9 Å². The number of furan rings is 1. The second-order valence-corrected chi connectivity index (χ2v) is 7.53. The topological polar surface area (TPSA) is 104 Å². The van der Waals surface area contributed by atoms with Gasteiger partial charge in [-0.15, -0.1) is 0 Å².